The molecule has 5 heteroatoms. The van der Waals surface area contributed by atoms with Crippen LogP contribution in [0.1, 0.15) is 58.2 Å². The molecule has 0 aliphatic heterocycles. The fourth-order valence-corrected chi connectivity index (χ4v) is 2.66. The zero-order chi connectivity index (χ0) is 13.7. The van der Waals surface area contributed by atoms with Crippen LogP contribution < -0.4 is 5.32 Å². The third kappa shape index (κ3) is 3.54. The van der Waals surface area contributed by atoms with Crippen molar-refractivity contribution >= 4 is 0 Å². The van der Waals surface area contributed by atoms with Gasteiger partial charge in [0.1, 0.15) is 5.60 Å². The van der Waals surface area contributed by atoms with Crippen LogP contribution in [0, 0.1) is 0 Å². The van der Waals surface area contributed by atoms with Crippen molar-refractivity contribution in [1.82, 2.24) is 15.5 Å². The zero-order valence-electron chi connectivity index (χ0n) is 12.2. The largest absolute Gasteiger partial charge is 0.367 e. The molecule has 1 aliphatic carbocycles. The number of hydrogen-bond donors (Lipinski definition) is 1. The predicted octanol–water partition coefficient (Wildman–Crippen LogP) is 2.42. The molecule has 1 heterocycles. The maximum Gasteiger partial charge on any atom is 0.228 e. The standard InChI is InChI=1S/C14H25N3O2/c1-4-18-14(8-5-6-9-14)13-16-12(19-17-13)7-10-15-11(2)3/h11,15H,4-10H2,1-3H3. The third-order valence-corrected chi connectivity index (χ3v) is 3.60. The van der Waals surface area contributed by atoms with Gasteiger partial charge in [0.15, 0.2) is 0 Å². The maximum absolute atomic E-state index is 5.93. The smallest absolute Gasteiger partial charge is 0.228 e. The fraction of sp³-hybridized carbons (Fsp3) is 0.857. The molecule has 0 saturated heterocycles. The highest BCUT2D eigenvalue weighted by atomic mass is 16.5. The topological polar surface area (TPSA) is 60.2 Å². The van der Waals surface area contributed by atoms with Crippen LogP contribution in [0.15, 0.2) is 4.52 Å². The van der Waals surface area contributed by atoms with Crippen molar-refractivity contribution in [3.63, 3.8) is 0 Å². The van der Waals surface area contributed by atoms with Gasteiger partial charge >= 0.3 is 0 Å². The minimum absolute atomic E-state index is 0.290. The lowest BCUT2D eigenvalue weighted by Crippen LogP contribution is -2.28. The first-order valence-electron chi connectivity index (χ1n) is 7.37. The van der Waals surface area contributed by atoms with E-state index in [4.69, 9.17) is 9.26 Å². The number of aromatic nitrogens is 2. The summed E-state index contributed by atoms with van der Waals surface area (Å²) in [5.41, 5.74) is -0.290. The first-order chi connectivity index (χ1) is 9.16. The van der Waals surface area contributed by atoms with Gasteiger partial charge in [-0.3, -0.25) is 0 Å². The minimum atomic E-state index is -0.290. The molecule has 0 radical (unpaired) electrons. The van der Waals surface area contributed by atoms with Gasteiger partial charge in [-0.05, 0) is 32.6 Å². The average molecular weight is 267 g/mol. The lowest BCUT2D eigenvalue weighted by molar-refractivity contribution is -0.0469. The van der Waals surface area contributed by atoms with Gasteiger partial charge in [0.05, 0.1) is 0 Å². The SMILES string of the molecule is CCOC1(c2noc(CCNC(C)C)n2)CCCC1. The summed E-state index contributed by atoms with van der Waals surface area (Å²) in [4.78, 5) is 4.54. The van der Waals surface area contributed by atoms with Crippen LogP contribution in [0.3, 0.4) is 0 Å². The van der Waals surface area contributed by atoms with E-state index in [9.17, 15) is 0 Å². The molecule has 2 rings (SSSR count). The molecule has 0 unspecified atom stereocenters. The number of ether oxygens (including phenoxy) is 1. The molecule has 1 fully saturated rings. The molecule has 0 amide bonds. The molecule has 1 aromatic heterocycles. The van der Waals surface area contributed by atoms with Crippen LogP contribution in [0.4, 0.5) is 0 Å². The van der Waals surface area contributed by atoms with E-state index in [1.165, 1.54) is 12.8 Å². The van der Waals surface area contributed by atoms with Crippen molar-refractivity contribution in [1.29, 1.82) is 0 Å². The number of nitrogens with one attached hydrogen (secondary N) is 1. The lowest BCUT2D eigenvalue weighted by Gasteiger charge is -2.24. The molecule has 0 atom stereocenters. The van der Waals surface area contributed by atoms with Gasteiger partial charge in [-0.2, -0.15) is 4.98 Å². The van der Waals surface area contributed by atoms with Gasteiger partial charge in [0, 0.05) is 25.6 Å². The van der Waals surface area contributed by atoms with E-state index >= 15 is 0 Å². The molecular formula is C14H25N3O2. The summed E-state index contributed by atoms with van der Waals surface area (Å²) in [7, 11) is 0. The maximum atomic E-state index is 5.93. The molecule has 1 N–H and O–H groups in total. The summed E-state index contributed by atoms with van der Waals surface area (Å²) in [5, 5.41) is 7.50. The average Bonchev–Trinajstić information content (AvgIpc) is 2.98. The molecule has 108 valence electrons. The molecule has 1 saturated carbocycles. The highest BCUT2D eigenvalue weighted by molar-refractivity contribution is 5.04. The van der Waals surface area contributed by atoms with E-state index in [1.807, 2.05) is 6.92 Å². The molecule has 19 heavy (non-hydrogen) atoms. The molecule has 0 spiro atoms. The Morgan fingerprint density at radius 1 is 1.37 bits per heavy atom. The Labute approximate surface area is 115 Å². The molecule has 1 aliphatic rings. The number of rotatable bonds is 7. The number of hydrogen-bond acceptors (Lipinski definition) is 5. The van der Waals surface area contributed by atoms with Crippen molar-refractivity contribution < 1.29 is 9.26 Å². The Kier molecular flexibility index (Phi) is 4.93. The summed E-state index contributed by atoms with van der Waals surface area (Å²) in [6.07, 6.45) is 5.14. The van der Waals surface area contributed by atoms with E-state index in [-0.39, 0.29) is 5.60 Å². The van der Waals surface area contributed by atoms with Crippen LogP contribution in [-0.4, -0.2) is 29.3 Å². The van der Waals surface area contributed by atoms with Gasteiger partial charge < -0.3 is 14.6 Å². The first kappa shape index (κ1) is 14.5. The van der Waals surface area contributed by atoms with E-state index in [0.29, 0.717) is 18.5 Å². The molecule has 1 aromatic rings. The highest BCUT2D eigenvalue weighted by Crippen LogP contribution is 2.40. The lowest BCUT2D eigenvalue weighted by atomic mass is 10.0. The Hall–Kier alpha value is -0.940. The van der Waals surface area contributed by atoms with E-state index < -0.39 is 0 Å². The number of nitrogens with zero attached hydrogens (tertiary/aromatic N) is 2. The minimum Gasteiger partial charge on any atom is -0.367 e. The van der Waals surface area contributed by atoms with Crippen LogP contribution >= 0.6 is 0 Å². The van der Waals surface area contributed by atoms with Crippen LogP contribution in [-0.2, 0) is 16.8 Å². The predicted molar refractivity (Wildman–Crippen MR) is 72.9 cm³/mol. The summed E-state index contributed by atoms with van der Waals surface area (Å²) < 4.78 is 11.3. The van der Waals surface area contributed by atoms with Gasteiger partial charge in [-0.1, -0.05) is 19.0 Å². The quantitative estimate of drug-likeness (QED) is 0.822. The summed E-state index contributed by atoms with van der Waals surface area (Å²) >= 11 is 0. The molecule has 5 nitrogen and oxygen atoms in total. The van der Waals surface area contributed by atoms with Crippen molar-refractivity contribution in [3.05, 3.63) is 11.7 Å². The Morgan fingerprint density at radius 2 is 2.11 bits per heavy atom. The van der Waals surface area contributed by atoms with Gasteiger partial charge in [-0.25, -0.2) is 0 Å². The van der Waals surface area contributed by atoms with Crippen molar-refractivity contribution in [2.75, 3.05) is 13.2 Å². The van der Waals surface area contributed by atoms with Crippen LogP contribution in [0.5, 0.6) is 0 Å². The highest BCUT2D eigenvalue weighted by Gasteiger charge is 2.40. The van der Waals surface area contributed by atoms with Crippen LogP contribution in [0.2, 0.25) is 0 Å². The summed E-state index contributed by atoms with van der Waals surface area (Å²) in [5.74, 6) is 1.44. The van der Waals surface area contributed by atoms with E-state index in [2.05, 4.69) is 29.3 Å². The fourth-order valence-electron chi connectivity index (χ4n) is 2.66. The second-order valence-corrected chi connectivity index (χ2v) is 5.50. The zero-order valence-corrected chi connectivity index (χ0v) is 12.2. The second-order valence-electron chi connectivity index (χ2n) is 5.50. The second kappa shape index (κ2) is 6.48. The Balaban J connectivity index is 1.98. The summed E-state index contributed by atoms with van der Waals surface area (Å²) in [6.45, 7) is 7.83. The Bertz CT molecular complexity index is 384. The van der Waals surface area contributed by atoms with Crippen molar-refractivity contribution in [3.8, 4) is 0 Å². The third-order valence-electron chi connectivity index (χ3n) is 3.60. The van der Waals surface area contributed by atoms with Crippen molar-refractivity contribution in [2.24, 2.45) is 0 Å². The van der Waals surface area contributed by atoms with Gasteiger partial charge in [0.2, 0.25) is 11.7 Å². The monoisotopic (exact) mass is 267 g/mol. The van der Waals surface area contributed by atoms with E-state index in [0.717, 1.165) is 31.6 Å². The van der Waals surface area contributed by atoms with E-state index in [1.54, 1.807) is 0 Å². The van der Waals surface area contributed by atoms with Gasteiger partial charge in [0.25, 0.3) is 0 Å². The van der Waals surface area contributed by atoms with Crippen molar-refractivity contribution in [2.45, 2.75) is 64.5 Å². The molecular weight excluding hydrogens is 242 g/mol. The van der Waals surface area contributed by atoms with Crippen LogP contribution in [0.25, 0.3) is 0 Å². The van der Waals surface area contributed by atoms with Gasteiger partial charge in [-0.15, -0.1) is 0 Å². The molecule has 0 bridgehead atoms. The Morgan fingerprint density at radius 3 is 2.74 bits per heavy atom. The summed E-state index contributed by atoms with van der Waals surface area (Å²) in [6, 6.07) is 0.479. The first-order valence-corrected chi connectivity index (χ1v) is 7.37. The normalized spacial score (nSPS) is 18.3. The molecule has 0 aromatic carbocycles.